The van der Waals surface area contributed by atoms with Crippen molar-refractivity contribution in [2.24, 2.45) is 0 Å². The summed E-state index contributed by atoms with van der Waals surface area (Å²) in [6.45, 7) is 0.713. The van der Waals surface area contributed by atoms with Crippen molar-refractivity contribution in [3.05, 3.63) is 45.9 Å². The zero-order valence-corrected chi connectivity index (χ0v) is 13.2. The van der Waals surface area contributed by atoms with Gasteiger partial charge in [0.25, 0.3) is 5.91 Å². The lowest BCUT2D eigenvalue weighted by Gasteiger charge is -2.05. The molecule has 3 heterocycles. The average molecular weight is 334 g/mol. The number of hydrogen-bond acceptors (Lipinski definition) is 5. The Hall–Kier alpha value is -2.19. The number of carbonyl (C=O) groups is 2. The molecule has 0 spiro atoms. The lowest BCUT2D eigenvalue weighted by Crippen LogP contribution is -2.30. The molecule has 2 amide bonds. The minimum absolute atomic E-state index is 0.109. The fourth-order valence-electron chi connectivity index (χ4n) is 1.92. The van der Waals surface area contributed by atoms with E-state index >= 15 is 0 Å². The number of rotatable bonds is 6. The van der Waals surface area contributed by atoms with Gasteiger partial charge in [-0.1, -0.05) is 0 Å². The minimum Gasteiger partial charge on any atom is -0.351 e. The number of thiazole rings is 1. The van der Waals surface area contributed by atoms with Crippen LogP contribution in [0.25, 0.3) is 4.96 Å². The Morgan fingerprint density at radius 1 is 1.27 bits per heavy atom. The van der Waals surface area contributed by atoms with Crippen molar-refractivity contribution in [3.63, 3.8) is 0 Å². The molecule has 0 fully saturated rings. The zero-order chi connectivity index (χ0) is 15.4. The summed E-state index contributed by atoms with van der Waals surface area (Å²) in [5, 5.41) is 11.1. The van der Waals surface area contributed by atoms with Gasteiger partial charge in [-0.05, 0) is 11.4 Å². The van der Waals surface area contributed by atoms with E-state index in [1.165, 1.54) is 11.3 Å². The maximum absolute atomic E-state index is 11.7. The van der Waals surface area contributed by atoms with Crippen molar-refractivity contribution >= 4 is 39.4 Å². The molecule has 6 nitrogen and oxygen atoms in total. The second-order valence-corrected chi connectivity index (χ2v) is 6.27. The van der Waals surface area contributed by atoms with Crippen LogP contribution in [0.3, 0.4) is 0 Å². The molecule has 3 aromatic rings. The molecule has 0 saturated heterocycles. The molecule has 0 aliphatic rings. The Bertz CT molecular complexity index is 747. The van der Waals surface area contributed by atoms with Gasteiger partial charge >= 0.3 is 0 Å². The van der Waals surface area contributed by atoms with Crippen molar-refractivity contribution in [1.82, 2.24) is 20.0 Å². The summed E-state index contributed by atoms with van der Waals surface area (Å²) in [6, 6.07) is 1.75. The molecular formula is C14H14N4O2S2. The van der Waals surface area contributed by atoms with E-state index in [1.54, 1.807) is 22.8 Å². The highest BCUT2D eigenvalue weighted by Crippen LogP contribution is 2.11. The van der Waals surface area contributed by atoms with E-state index < -0.39 is 0 Å². The third-order valence-electron chi connectivity index (χ3n) is 3.03. The highest BCUT2D eigenvalue weighted by molar-refractivity contribution is 7.15. The first kappa shape index (κ1) is 14.7. The van der Waals surface area contributed by atoms with E-state index in [9.17, 15) is 9.59 Å². The summed E-state index contributed by atoms with van der Waals surface area (Å²) in [5.41, 5.74) is 1.45. The van der Waals surface area contributed by atoms with Crippen LogP contribution in [0, 0.1) is 0 Å². The normalized spacial score (nSPS) is 10.7. The average Bonchev–Trinajstić information content (AvgIpc) is 3.21. The molecule has 0 aliphatic heterocycles. The lowest BCUT2D eigenvalue weighted by atomic mass is 10.3. The molecule has 0 unspecified atom stereocenters. The number of aromatic nitrogens is 2. The molecule has 0 aliphatic carbocycles. The van der Waals surface area contributed by atoms with Crippen molar-refractivity contribution in [1.29, 1.82) is 0 Å². The van der Waals surface area contributed by atoms with Gasteiger partial charge < -0.3 is 10.6 Å². The lowest BCUT2D eigenvalue weighted by molar-refractivity contribution is -0.121. The minimum atomic E-state index is -0.150. The van der Waals surface area contributed by atoms with Gasteiger partial charge in [-0.3, -0.25) is 14.0 Å². The van der Waals surface area contributed by atoms with Crippen LogP contribution in [0.1, 0.15) is 22.5 Å². The van der Waals surface area contributed by atoms with Crippen molar-refractivity contribution < 1.29 is 9.59 Å². The van der Waals surface area contributed by atoms with Crippen LogP contribution in [0.5, 0.6) is 0 Å². The highest BCUT2D eigenvalue weighted by Gasteiger charge is 2.08. The number of imidazole rings is 1. The summed E-state index contributed by atoms with van der Waals surface area (Å²) in [6.07, 6.45) is 4.07. The SMILES string of the molecule is O=C(CCNC(=O)c1ccsc1)NCc1cn2ccsc2n1. The number of nitrogens with zero attached hydrogens (tertiary/aromatic N) is 2. The van der Waals surface area contributed by atoms with E-state index in [1.807, 2.05) is 27.6 Å². The van der Waals surface area contributed by atoms with Crippen LogP contribution in [-0.4, -0.2) is 27.7 Å². The molecule has 0 atom stereocenters. The van der Waals surface area contributed by atoms with E-state index in [0.29, 0.717) is 18.7 Å². The van der Waals surface area contributed by atoms with E-state index in [0.717, 1.165) is 10.7 Å². The Balaban J connectivity index is 1.39. The Kier molecular flexibility index (Phi) is 4.50. The molecule has 2 N–H and O–H groups in total. The van der Waals surface area contributed by atoms with E-state index in [-0.39, 0.29) is 18.2 Å². The number of hydrogen-bond donors (Lipinski definition) is 2. The topological polar surface area (TPSA) is 75.5 Å². The van der Waals surface area contributed by atoms with Crippen LogP contribution in [0.15, 0.2) is 34.6 Å². The summed E-state index contributed by atoms with van der Waals surface area (Å²) in [7, 11) is 0. The first-order chi connectivity index (χ1) is 10.7. The summed E-state index contributed by atoms with van der Waals surface area (Å²) in [5.74, 6) is -0.259. The van der Waals surface area contributed by atoms with Gasteiger partial charge in [0.05, 0.1) is 12.2 Å². The number of fused-ring (bicyclic) bond motifs is 1. The molecule has 114 valence electrons. The Morgan fingerprint density at radius 2 is 2.18 bits per heavy atom. The Morgan fingerprint density at radius 3 is 2.95 bits per heavy atom. The van der Waals surface area contributed by atoms with E-state index in [2.05, 4.69) is 15.6 Å². The van der Waals surface area contributed by atoms with Crippen LogP contribution >= 0.6 is 22.7 Å². The molecule has 0 bridgehead atoms. The van der Waals surface area contributed by atoms with Gasteiger partial charge in [-0.25, -0.2) is 4.98 Å². The first-order valence-electron chi connectivity index (χ1n) is 6.70. The van der Waals surface area contributed by atoms with Crippen LogP contribution < -0.4 is 10.6 Å². The number of carbonyl (C=O) groups excluding carboxylic acids is 2. The van der Waals surface area contributed by atoms with Crippen molar-refractivity contribution in [2.75, 3.05) is 6.54 Å². The molecule has 3 rings (SSSR count). The van der Waals surface area contributed by atoms with Crippen LogP contribution in [0.4, 0.5) is 0 Å². The number of thiophene rings is 1. The fourth-order valence-corrected chi connectivity index (χ4v) is 3.28. The first-order valence-corrected chi connectivity index (χ1v) is 8.53. The summed E-state index contributed by atoms with van der Waals surface area (Å²) in [4.78, 5) is 28.7. The predicted octanol–water partition coefficient (Wildman–Crippen LogP) is 1.89. The second-order valence-electron chi connectivity index (χ2n) is 4.62. The summed E-state index contributed by atoms with van der Waals surface area (Å²) >= 11 is 3.02. The number of nitrogens with one attached hydrogen (secondary N) is 2. The largest absolute Gasteiger partial charge is 0.351 e. The number of amides is 2. The monoisotopic (exact) mass is 334 g/mol. The highest BCUT2D eigenvalue weighted by atomic mass is 32.1. The molecule has 0 aromatic carbocycles. The van der Waals surface area contributed by atoms with E-state index in [4.69, 9.17) is 0 Å². The third-order valence-corrected chi connectivity index (χ3v) is 4.48. The fraction of sp³-hybridized carbons (Fsp3) is 0.214. The maximum atomic E-state index is 11.7. The molecular weight excluding hydrogens is 320 g/mol. The zero-order valence-electron chi connectivity index (χ0n) is 11.6. The van der Waals surface area contributed by atoms with Crippen molar-refractivity contribution in [2.45, 2.75) is 13.0 Å². The molecule has 0 radical (unpaired) electrons. The van der Waals surface area contributed by atoms with Gasteiger partial charge in [-0.2, -0.15) is 11.3 Å². The standard InChI is InChI=1S/C14H14N4O2S2/c19-12(1-3-15-13(20)10-2-5-21-9-10)16-7-11-8-18-4-6-22-14(18)17-11/h2,4-6,8-9H,1,3,7H2,(H,15,20)(H,16,19). The Labute approximate surface area is 134 Å². The summed E-state index contributed by atoms with van der Waals surface area (Å²) < 4.78 is 1.92. The molecule has 22 heavy (non-hydrogen) atoms. The smallest absolute Gasteiger partial charge is 0.252 e. The van der Waals surface area contributed by atoms with Crippen LogP contribution in [-0.2, 0) is 11.3 Å². The predicted molar refractivity (Wildman–Crippen MR) is 86.2 cm³/mol. The second kappa shape index (κ2) is 6.71. The maximum Gasteiger partial charge on any atom is 0.252 e. The van der Waals surface area contributed by atoms with Crippen molar-refractivity contribution in [3.8, 4) is 0 Å². The quantitative estimate of drug-likeness (QED) is 0.723. The van der Waals surface area contributed by atoms with Gasteiger partial charge in [0, 0.05) is 41.7 Å². The van der Waals surface area contributed by atoms with Crippen LogP contribution in [0.2, 0.25) is 0 Å². The molecule has 3 aromatic heterocycles. The molecule has 8 heteroatoms. The molecule has 0 saturated carbocycles. The third kappa shape index (κ3) is 3.52. The van der Waals surface area contributed by atoms with Gasteiger partial charge in [0.2, 0.25) is 5.91 Å². The van der Waals surface area contributed by atoms with Gasteiger partial charge in [0.1, 0.15) is 0 Å². The van der Waals surface area contributed by atoms with Gasteiger partial charge in [0.15, 0.2) is 4.96 Å². The van der Waals surface area contributed by atoms with Gasteiger partial charge in [-0.15, -0.1) is 11.3 Å².